The van der Waals surface area contributed by atoms with Crippen LogP contribution in [0.1, 0.15) is 11.6 Å². The lowest BCUT2D eigenvalue weighted by Gasteiger charge is -2.20. The van der Waals surface area contributed by atoms with Gasteiger partial charge in [0, 0.05) is 0 Å². The Bertz CT molecular complexity index is 384. The number of aliphatic carboxylic acids is 1. The zero-order valence-corrected chi connectivity index (χ0v) is 7.62. The van der Waals surface area contributed by atoms with Crippen LogP contribution in [0.25, 0.3) is 0 Å². The van der Waals surface area contributed by atoms with Crippen LogP contribution in [0.4, 0.5) is 4.79 Å². The van der Waals surface area contributed by atoms with Gasteiger partial charge < -0.3 is 10.8 Å². The first-order valence-corrected chi connectivity index (χ1v) is 4.05. The van der Waals surface area contributed by atoms with Gasteiger partial charge in [-0.1, -0.05) is 30.3 Å². The summed E-state index contributed by atoms with van der Waals surface area (Å²) in [5.41, 5.74) is 1.63. The maximum absolute atomic E-state index is 10.9. The quantitative estimate of drug-likeness (QED) is 0.502. The van der Waals surface area contributed by atoms with Gasteiger partial charge in [0.15, 0.2) is 7.45 Å². The third kappa shape index (κ3) is 2.44. The molecule has 80 valence electrons. The predicted octanol–water partition coefficient (Wildman–Crippen LogP) is 0.582. The fraction of sp³-hybridized carbons (Fsp3) is 0.111. The van der Waals surface area contributed by atoms with Crippen LogP contribution in [-0.4, -0.2) is 27.4 Å². The molecule has 6 nitrogen and oxygen atoms in total. The second-order valence-corrected chi connectivity index (χ2v) is 2.80. The number of hydroxylamine groups is 2. The lowest BCUT2D eigenvalue weighted by atomic mass is 10.1. The lowest BCUT2D eigenvalue weighted by molar-refractivity contribution is -0.157. The molecule has 2 amide bonds. The molecular formula is C9H10N2O4. The Morgan fingerprint density at radius 3 is 2.47 bits per heavy atom. The number of amides is 2. The molecule has 6 heteroatoms. The van der Waals surface area contributed by atoms with Gasteiger partial charge in [-0.3, -0.25) is 5.21 Å². The molecule has 0 aliphatic rings. The predicted molar refractivity (Wildman–Crippen MR) is 50.0 cm³/mol. The molecule has 0 fully saturated rings. The van der Waals surface area contributed by atoms with Gasteiger partial charge in [0.05, 0.1) is 0 Å². The fourth-order valence-corrected chi connectivity index (χ4v) is 1.14. The molecule has 1 rings (SSSR count). The summed E-state index contributed by atoms with van der Waals surface area (Å²) in [5, 5.41) is 18.2. The van der Waals surface area contributed by atoms with Crippen LogP contribution in [0.2, 0.25) is 1.41 Å². The van der Waals surface area contributed by atoms with Crippen molar-refractivity contribution in [1.29, 1.82) is 0 Å². The number of hydrogen-bond acceptors (Lipinski definition) is 3. The number of rotatable bonds is 3. The smallest absolute Gasteiger partial charge is 0.339 e. The minimum Gasteiger partial charge on any atom is -0.479 e. The van der Waals surface area contributed by atoms with Crippen LogP contribution in [0.15, 0.2) is 30.3 Å². The van der Waals surface area contributed by atoms with Crippen molar-refractivity contribution in [2.45, 2.75) is 6.04 Å². The van der Waals surface area contributed by atoms with Crippen molar-refractivity contribution >= 4 is 12.0 Å². The van der Waals surface area contributed by atoms with Gasteiger partial charge in [-0.25, -0.2) is 9.59 Å². The zero-order valence-electron chi connectivity index (χ0n) is 8.62. The summed E-state index contributed by atoms with van der Waals surface area (Å²) in [6, 6.07) is 5.01. The van der Waals surface area contributed by atoms with Gasteiger partial charge in [-0.05, 0) is 5.56 Å². The van der Waals surface area contributed by atoms with E-state index in [1.54, 1.807) is 18.2 Å². The molecule has 1 unspecified atom stereocenters. The minimum absolute atomic E-state index is 0.0370. The van der Waals surface area contributed by atoms with Crippen molar-refractivity contribution in [2.75, 3.05) is 0 Å². The van der Waals surface area contributed by atoms with Gasteiger partial charge in [-0.2, -0.15) is 5.06 Å². The molecule has 0 bridgehead atoms. The fourth-order valence-electron chi connectivity index (χ4n) is 1.14. The summed E-state index contributed by atoms with van der Waals surface area (Å²) < 4.78 is 6.54. The number of nitrogens with two attached hydrogens (primary N) is 1. The molecule has 15 heavy (non-hydrogen) atoms. The monoisotopic (exact) mass is 211 g/mol. The number of carboxylic acids is 1. The van der Waals surface area contributed by atoms with Crippen LogP contribution in [-0.2, 0) is 4.79 Å². The van der Waals surface area contributed by atoms with E-state index in [1.807, 2.05) is 0 Å². The van der Waals surface area contributed by atoms with Crippen LogP contribution in [0, 0.1) is 0 Å². The summed E-state index contributed by atoms with van der Waals surface area (Å²) in [6.07, 6.45) is 0. The molecule has 0 radical (unpaired) electrons. The average Bonchev–Trinajstić information content (AvgIpc) is 2.29. The third-order valence-electron chi connectivity index (χ3n) is 1.80. The Morgan fingerprint density at radius 1 is 1.40 bits per heavy atom. The molecule has 0 saturated heterocycles. The maximum atomic E-state index is 10.9. The second kappa shape index (κ2) is 4.43. The summed E-state index contributed by atoms with van der Waals surface area (Å²) in [6.45, 7) is 0. The molecule has 0 aliphatic carbocycles. The number of nitrogens with zero attached hydrogens (tertiary/aromatic N) is 1. The summed E-state index contributed by atoms with van der Waals surface area (Å²) >= 11 is 0. The molecule has 0 spiro atoms. The van der Waals surface area contributed by atoms with E-state index in [0.717, 1.165) is 0 Å². The summed E-state index contributed by atoms with van der Waals surface area (Å²) in [7, 11) is 0. The van der Waals surface area contributed by atoms with E-state index in [0.29, 0.717) is 0 Å². The maximum Gasteiger partial charge on any atom is 0.339 e. The average molecular weight is 211 g/mol. The van der Waals surface area contributed by atoms with E-state index in [-0.39, 0.29) is 10.6 Å². The second-order valence-electron chi connectivity index (χ2n) is 2.80. The SMILES string of the molecule is [2H]NC(=O)N(O)C(C(=O)O)c1ccccc1. The van der Waals surface area contributed by atoms with Crippen molar-refractivity contribution in [3.05, 3.63) is 35.9 Å². The first kappa shape index (κ1) is 9.47. The van der Waals surface area contributed by atoms with Gasteiger partial charge >= 0.3 is 12.0 Å². The van der Waals surface area contributed by atoms with E-state index < -0.39 is 18.0 Å². The van der Waals surface area contributed by atoms with E-state index in [2.05, 4.69) is 0 Å². The molecular weight excluding hydrogens is 200 g/mol. The van der Waals surface area contributed by atoms with E-state index >= 15 is 0 Å². The van der Waals surface area contributed by atoms with Crippen molar-refractivity contribution in [3.63, 3.8) is 0 Å². The summed E-state index contributed by atoms with van der Waals surface area (Å²) in [5.74, 6) is -1.39. The topological polar surface area (TPSA) is 104 Å². The zero-order chi connectivity index (χ0) is 12.1. The van der Waals surface area contributed by atoms with Gasteiger partial charge in [0.2, 0.25) is 0 Å². The van der Waals surface area contributed by atoms with Crippen molar-refractivity contribution < 1.29 is 21.3 Å². The first-order valence-electron chi connectivity index (χ1n) is 4.55. The van der Waals surface area contributed by atoms with Crippen LogP contribution in [0.5, 0.6) is 0 Å². The van der Waals surface area contributed by atoms with E-state index in [1.165, 1.54) is 17.9 Å². The minimum atomic E-state index is -1.54. The van der Waals surface area contributed by atoms with E-state index in [9.17, 15) is 14.8 Å². The van der Waals surface area contributed by atoms with Crippen molar-refractivity contribution in [3.8, 4) is 0 Å². The highest BCUT2D eigenvalue weighted by Gasteiger charge is 2.28. The Labute approximate surface area is 87.0 Å². The number of carbonyl (C=O) groups is 2. The number of hydrogen-bond donors (Lipinski definition) is 3. The Morgan fingerprint density at radius 2 is 2.00 bits per heavy atom. The number of primary amides is 1. The molecule has 0 aliphatic heterocycles. The Balaban J connectivity index is 3.01. The molecule has 1 aromatic rings. The molecule has 0 saturated carbocycles. The largest absolute Gasteiger partial charge is 0.479 e. The Hall–Kier alpha value is -2.08. The van der Waals surface area contributed by atoms with Crippen molar-refractivity contribution in [1.82, 2.24) is 5.06 Å². The van der Waals surface area contributed by atoms with Crippen LogP contribution >= 0.6 is 0 Å². The standard InChI is InChI=1S/C9H10N2O4/c10-9(14)11(15)7(8(12)13)6-4-2-1-3-5-6/h1-5,7,15H,(H2,10,14)(H,12,13)/i/hD. The summed E-state index contributed by atoms with van der Waals surface area (Å²) in [4.78, 5) is 21.9. The van der Waals surface area contributed by atoms with E-state index in [4.69, 9.17) is 6.52 Å². The Kier molecular flexibility index (Phi) is 2.80. The van der Waals surface area contributed by atoms with Crippen LogP contribution in [0.3, 0.4) is 0 Å². The number of urea groups is 1. The van der Waals surface area contributed by atoms with Crippen molar-refractivity contribution in [2.24, 2.45) is 5.73 Å². The van der Waals surface area contributed by atoms with Gasteiger partial charge in [0.25, 0.3) is 0 Å². The number of carboxylic acid groups (broad SMARTS) is 1. The van der Waals surface area contributed by atoms with Crippen LogP contribution < -0.4 is 5.73 Å². The highest BCUT2D eigenvalue weighted by atomic mass is 16.5. The first-order chi connectivity index (χ1) is 7.57. The molecule has 1 atom stereocenters. The molecule has 0 heterocycles. The normalized spacial score (nSPS) is 12.5. The number of benzene rings is 1. The molecule has 0 aromatic heterocycles. The molecule has 4 N–H and O–H groups in total. The molecule has 1 aromatic carbocycles. The number of carbonyl (C=O) groups excluding carboxylic acids is 1. The lowest BCUT2D eigenvalue weighted by Crippen LogP contribution is -2.39. The highest BCUT2D eigenvalue weighted by Crippen LogP contribution is 2.18. The van der Waals surface area contributed by atoms with Gasteiger partial charge in [0.1, 0.15) is 0 Å². The third-order valence-corrected chi connectivity index (χ3v) is 1.80. The highest BCUT2D eigenvalue weighted by molar-refractivity contribution is 5.81. The van der Waals surface area contributed by atoms with Gasteiger partial charge in [-0.15, -0.1) is 0 Å².